The van der Waals surface area contributed by atoms with Gasteiger partial charge in [-0.15, -0.1) is 0 Å². The summed E-state index contributed by atoms with van der Waals surface area (Å²) < 4.78 is 0. The summed E-state index contributed by atoms with van der Waals surface area (Å²) in [5, 5.41) is 4.59. The molecule has 18 heavy (non-hydrogen) atoms. The molecule has 1 aromatic heterocycles. The van der Waals surface area contributed by atoms with Gasteiger partial charge >= 0.3 is 0 Å². The van der Waals surface area contributed by atoms with Crippen molar-refractivity contribution in [2.45, 2.75) is 25.3 Å². The first-order valence-electron chi connectivity index (χ1n) is 6.41. The van der Waals surface area contributed by atoms with Crippen molar-refractivity contribution in [3.63, 3.8) is 0 Å². The molecule has 4 heteroatoms. The van der Waals surface area contributed by atoms with E-state index in [0.717, 1.165) is 16.7 Å². The van der Waals surface area contributed by atoms with Crippen LogP contribution in [0.15, 0.2) is 30.6 Å². The topological polar surface area (TPSA) is 63.8 Å². The number of anilines is 1. The normalized spacial score (nSPS) is 18.6. The van der Waals surface area contributed by atoms with Crippen molar-refractivity contribution in [3.8, 4) is 0 Å². The Morgan fingerprint density at radius 2 is 2.11 bits per heavy atom. The summed E-state index contributed by atoms with van der Waals surface area (Å²) in [6, 6.07) is 8.04. The minimum atomic E-state index is -0.0584. The Kier molecular flexibility index (Phi) is 2.67. The zero-order valence-corrected chi connectivity index (χ0v) is 10.6. The molecule has 0 amide bonds. The van der Waals surface area contributed by atoms with Gasteiger partial charge in [0.2, 0.25) is 0 Å². The van der Waals surface area contributed by atoms with Crippen molar-refractivity contribution in [1.82, 2.24) is 9.97 Å². The van der Waals surface area contributed by atoms with Crippen LogP contribution in [0.1, 0.15) is 19.8 Å². The SMILES string of the molecule is CC(CN)(Nc1ncnc2ccccc12)C1CC1. The van der Waals surface area contributed by atoms with Crippen LogP contribution in [0.5, 0.6) is 0 Å². The molecule has 0 spiro atoms. The molecule has 4 nitrogen and oxygen atoms in total. The molecule has 94 valence electrons. The fraction of sp³-hybridized carbons (Fsp3) is 0.429. The zero-order chi connectivity index (χ0) is 12.6. The van der Waals surface area contributed by atoms with E-state index in [-0.39, 0.29) is 5.54 Å². The molecular formula is C14H18N4. The Bertz CT molecular complexity index is 559. The minimum Gasteiger partial charge on any atom is -0.363 e. The molecular weight excluding hydrogens is 224 g/mol. The predicted molar refractivity (Wildman–Crippen MR) is 73.3 cm³/mol. The number of hydrogen-bond acceptors (Lipinski definition) is 4. The van der Waals surface area contributed by atoms with Gasteiger partial charge in [0.25, 0.3) is 0 Å². The van der Waals surface area contributed by atoms with Crippen molar-refractivity contribution in [3.05, 3.63) is 30.6 Å². The first kappa shape index (κ1) is 11.4. The zero-order valence-electron chi connectivity index (χ0n) is 10.6. The van der Waals surface area contributed by atoms with Gasteiger partial charge in [0.1, 0.15) is 12.1 Å². The van der Waals surface area contributed by atoms with Crippen LogP contribution in [-0.4, -0.2) is 22.1 Å². The number of nitrogens with one attached hydrogen (secondary N) is 1. The van der Waals surface area contributed by atoms with Gasteiger partial charge in [0.15, 0.2) is 0 Å². The maximum absolute atomic E-state index is 5.93. The van der Waals surface area contributed by atoms with Crippen molar-refractivity contribution in [2.75, 3.05) is 11.9 Å². The molecule has 1 atom stereocenters. The van der Waals surface area contributed by atoms with Gasteiger partial charge in [0.05, 0.1) is 11.1 Å². The highest BCUT2D eigenvalue weighted by atomic mass is 15.1. The Hall–Kier alpha value is -1.68. The Labute approximate surface area is 107 Å². The largest absolute Gasteiger partial charge is 0.363 e. The lowest BCUT2D eigenvalue weighted by Crippen LogP contribution is -2.45. The van der Waals surface area contributed by atoms with E-state index in [1.54, 1.807) is 6.33 Å². The van der Waals surface area contributed by atoms with E-state index in [2.05, 4.69) is 22.2 Å². The van der Waals surface area contributed by atoms with Crippen LogP contribution < -0.4 is 11.1 Å². The number of hydrogen-bond donors (Lipinski definition) is 2. The van der Waals surface area contributed by atoms with E-state index in [0.29, 0.717) is 12.5 Å². The molecule has 2 aromatic rings. The summed E-state index contributed by atoms with van der Waals surface area (Å²) in [5.74, 6) is 1.55. The average Bonchev–Trinajstić information content (AvgIpc) is 3.24. The number of fused-ring (bicyclic) bond motifs is 1. The molecule has 0 saturated heterocycles. The molecule has 1 aliphatic rings. The van der Waals surface area contributed by atoms with Crippen LogP contribution >= 0.6 is 0 Å². The van der Waals surface area contributed by atoms with Crippen LogP contribution in [0.25, 0.3) is 10.9 Å². The highest BCUT2D eigenvalue weighted by Crippen LogP contribution is 2.41. The maximum atomic E-state index is 5.93. The summed E-state index contributed by atoms with van der Waals surface area (Å²) in [5.41, 5.74) is 6.84. The molecule has 3 rings (SSSR count). The second-order valence-corrected chi connectivity index (χ2v) is 5.26. The van der Waals surface area contributed by atoms with E-state index in [1.807, 2.05) is 24.3 Å². The van der Waals surface area contributed by atoms with Gasteiger partial charge in [-0.1, -0.05) is 12.1 Å². The third-order valence-electron chi connectivity index (χ3n) is 3.85. The molecule has 0 bridgehead atoms. The Morgan fingerprint density at radius 1 is 1.33 bits per heavy atom. The first-order chi connectivity index (χ1) is 8.73. The molecule has 0 aliphatic heterocycles. The second-order valence-electron chi connectivity index (χ2n) is 5.26. The number of para-hydroxylation sites is 1. The number of rotatable bonds is 4. The van der Waals surface area contributed by atoms with E-state index in [9.17, 15) is 0 Å². The first-order valence-corrected chi connectivity index (χ1v) is 6.41. The Morgan fingerprint density at radius 3 is 2.83 bits per heavy atom. The van der Waals surface area contributed by atoms with Crippen LogP contribution in [0.4, 0.5) is 5.82 Å². The molecule has 1 aromatic carbocycles. The Balaban J connectivity index is 1.99. The third kappa shape index (κ3) is 1.93. The summed E-state index contributed by atoms with van der Waals surface area (Å²) in [7, 11) is 0. The summed E-state index contributed by atoms with van der Waals surface area (Å²) >= 11 is 0. The standard InChI is InChI=1S/C14H18N4/c1-14(8-15,10-6-7-10)18-13-11-4-2-3-5-12(11)16-9-17-13/h2-5,9-10H,6-8,15H2,1H3,(H,16,17,18). The lowest BCUT2D eigenvalue weighted by molar-refractivity contribution is 0.458. The molecule has 0 radical (unpaired) electrons. The van der Waals surface area contributed by atoms with Crippen LogP contribution in [0, 0.1) is 5.92 Å². The second kappa shape index (κ2) is 4.21. The molecule has 1 fully saturated rings. The minimum absolute atomic E-state index is 0.0584. The van der Waals surface area contributed by atoms with Crippen molar-refractivity contribution in [1.29, 1.82) is 0 Å². The molecule has 1 heterocycles. The van der Waals surface area contributed by atoms with Gasteiger partial charge in [-0.25, -0.2) is 9.97 Å². The summed E-state index contributed by atoms with van der Waals surface area (Å²) in [6.07, 6.45) is 4.11. The number of nitrogens with zero attached hydrogens (tertiary/aromatic N) is 2. The van der Waals surface area contributed by atoms with Crippen LogP contribution in [0.3, 0.4) is 0 Å². The van der Waals surface area contributed by atoms with Gasteiger partial charge in [-0.3, -0.25) is 0 Å². The van der Waals surface area contributed by atoms with E-state index in [1.165, 1.54) is 12.8 Å². The van der Waals surface area contributed by atoms with Crippen LogP contribution in [-0.2, 0) is 0 Å². The summed E-state index contributed by atoms with van der Waals surface area (Å²) in [6.45, 7) is 2.80. The van der Waals surface area contributed by atoms with Gasteiger partial charge in [0, 0.05) is 11.9 Å². The number of nitrogens with two attached hydrogens (primary N) is 1. The predicted octanol–water partition coefficient (Wildman–Crippen LogP) is 2.17. The molecule has 1 aliphatic carbocycles. The average molecular weight is 242 g/mol. The number of benzene rings is 1. The molecule has 1 unspecified atom stereocenters. The van der Waals surface area contributed by atoms with E-state index < -0.39 is 0 Å². The summed E-state index contributed by atoms with van der Waals surface area (Å²) in [4.78, 5) is 8.65. The van der Waals surface area contributed by atoms with Gasteiger partial charge < -0.3 is 11.1 Å². The third-order valence-corrected chi connectivity index (χ3v) is 3.85. The molecule has 1 saturated carbocycles. The maximum Gasteiger partial charge on any atom is 0.137 e. The fourth-order valence-corrected chi connectivity index (χ4v) is 2.42. The highest BCUT2D eigenvalue weighted by molar-refractivity contribution is 5.88. The van der Waals surface area contributed by atoms with Crippen LogP contribution in [0.2, 0.25) is 0 Å². The monoisotopic (exact) mass is 242 g/mol. The highest BCUT2D eigenvalue weighted by Gasteiger charge is 2.40. The van der Waals surface area contributed by atoms with Crippen molar-refractivity contribution < 1.29 is 0 Å². The lowest BCUT2D eigenvalue weighted by atomic mass is 9.96. The quantitative estimate of drug-likeness (QED) is 0.862. The smallest absolute Gasteiger partial charge is 0.137 e. The molecule has 3 N–H and O–H groups in total. The fourth-order valence-electron chi connectivity index (χ4n) is 2.42. The van der Waals surface area contributed by atoms with Crippen molar-refractivity contribution in [2.24, 2.45) is 11.7 Å². The van der Waals surface area contributed by atoms with Gasteiger partial charge in [-0.05, 0) is 37.8 Å². The lowest BCUT2D eigenvalue weighted by Gasteiger charge is -2.30. The van der Waals surface area contributed by atoms with Crippen molar-refractivity contribution >= 4 is 16.7 Å². The van der Waals surface area contributed by atoms with E-state index >= 15 is 0 Å². The van der Waals surface area contributed by atoms with E-state index in [4.69, 9.17) is 5.73 Å². The van der Waals surface area contributed by atoms with Gasteiger partial charge in [-0.2, -0.15) is 0 Å². The number of aromatic nitrogens is 2.